The number of anilines is 1. The molecule has 10 heteroatoms. The Morgan fingerprint density at radius 3 is 2.88 bits per heavy atom. The van der Waals surface area contributed by atoms with Crippen LogP contribution in [0.4, 0.5) is 5.82 Å². The van der Waals surface area contributed by atoms with E-state index in [1.165, 1.54) is 12.5 Å². The lowest BCUT2D eigenvalue weighted by molar-refractivity contribution is 0.0688. The molecule has 1 aromatic carbocycles. The van der Waals surface area contributed by atoms with Gasteiger partial charge in [0, 0.05) is 22.5 Å². The SMILES string of the molecule is CC(C)(O)c1cc(C(=O)c2cncnc2NC2CCC(CSO)C2)nn1Cc1cccc(Br)c1. The van der Waals surface area contributed by atoms with Crippen LogP contribution in [-0.2, 0) is 12.1 Å². The molecule has 0 radical (unpaired) electrons. The van der Waals surface area contributed by atoms with E-state index in [9.17, 15) is 9.90 Å². The number of ketones is 1. The summed E-state index contributed by atoms with van der Waals surface area (Å²) in [4.78, 5) is 21.9. The highest BCUT2D eigenvalue weighted by Gasteiger charge is 2.29. The van der Waals surface area contributed by atoms with Crippen molar-refractivity contribution in [2.45, 2.75) is 51.3 Å². The first-order chi connectivity index (χ1) is 16.2. The van der Waals surface area contributed by atoms with E-state index < -0.39 is 5.60 Å². The minimum Gasteiger partial charge on any atom is -0.384 e. The minimum absolute atomic E-state index is 0.180. The highest BCUT2D eigenvalue weighted by atomic mass is 79.9. The molecule has 34 heavy (non-hydrogen) atoms. The van der Waals surface area contributed by atoms with Gasteiger partial charge in [-0.1, -0.05) is 28.1 Å². The van der Waals surface area contributed by atoms with Crippen LogP contribution in [-0.4, -0.2) is 47.0 Å². The number of halogens is 1. The van der Waals surface area contributed by atoms with Crippen molar-refractivity contribution in [1.29, 1.82) is 0 Å². The average Bonchev–Trinajstić information content (AvgIpc) is 3.41. The predicted molar refractivity (Wildman–Crippen MR) is 136 cm³/mol. The second-order valence-electron chi connectivity index (χ2n) is 9.19. The number of hydrogen-bond donors (Lipinski definition) is 3. The molecular weight excluding hydrogens is 518 g/mol. The van der Waals surface area contributed by atoms with E-state index >= 15 is 0 Å². The fourth-order valence-electron chi connectivity index (χ4n) is 4.35. The molecule has 0 spiro atoms. The maximum Gasteiger partial charge on any atom is 0.218 e. The number of aliphatic hydroxyl groups is 1. The predicted octanol–water partition coefficient (Wildman–Crippen LogP) is 4.73. The summed E-state index contributed by atoms with van der Waals surface area (Å²) in [6.45, 7) is 3.76. The molecule has 3 aromatic rings. The number of benzene rings is 1. The van der Waals surface area contributed by atoms with Gasteiger partial charge in [0.25, 0.3) is 0 Å². The molecule has 2 atom stereocenters. The third kappa shape index (κ3) is 5.86. The van der Waals surface area contributed by atoms with Crippen LogP contribution in [0.5, 0.6) is 0 Å². The van der Waals surface area contributed by atoms with E-state index in [-0.39, 0.29) is 17.5 Å². The molecule has 4 rings (SSSR count). The van der Waals surface area contributed by atoms with Gasteiger partial charge in [0.2, 0.25) is 5.78 Å². The van der Waals surface area contributed by atoms with Gasteiger partial charge in [0.05, 0.1) is 17.8 Å². The van der Waals surface area contributed by atoms with Crippen LogP contribution in [0.3, 0.4) is 0 Å². The van der Waals surface area contributed by atoms with E-state index in [2.05, 4.69) is 36.3 Å². The lowest BCUT2D eigenvalue weighted by Gasteiger charge is -2.19. The molecule has 0 bridgehead atoms. The van der Waals surface area contributed by atoms with Gasteiger partial charge < -0.3 is 15.0 Å². The first kappa shape index (κ1) is 24.8. The lowest BCUT2D eigenvalue weighted by Crippen LogP contribution is -2.21. The van der Waals surface area contributed by atoms with Gasteiger partial charge in [-0.25, -0.2) is 9.97 Å². The number of nitrogens with one attached hydrogen (secondary N) is 1. The van der Waals surface area contributed by atoms with Gasteiger partial charge in [-0.15, -0.1) is 0 Å². The van der Waals surface area contributed by atoms with E-state index in [4.69, 9.17) is 4.55 Å². The Bertz CT molecular complexity index is 1160. The normalized spacial score (nSPS) is 18.3. The van der Waals surface area contributed by atoms with Gasteiger partial charge in [-0.2, -0.15) is 5.10 Å². The largest absolute Gasteiger partial charge is 0.384 e. The van der Waals surface area contributed by atoms with Gasteiger partial charge in [-0.05, 0) is 74.8 Å². The molecule has 2 unspecified atom stereocenters. The zero-order valence-electron chi connectivity index (χ0n) is 19.1. The zero-order chi connectivity index (χ0) is 24.3. The second-order valence-corrected chi connectivity index (χ2v) is 10.7. The quantitative estimate of drug-likeness (QED) is 0.261. The summed E-state index contributed by atoms with van der Waals surface area (Å²) in [5, 5.41) is 18.7. The van der Waals surface area contributed by atoms with Crippen molar-refractivity contribution in [3.8, 4) is 0 Å². The van der Waals surface area contributed by atoms with Gasteiger partial charge >= 0.3 is 0 Å². The van der Waals surface area contributed by atoms with E-state index in [1.807, 2.05) is 24.3 Å². The molecule has 8 nitrogen and oxygen atoms in total. The molecule has 180 valence electrons. The van der Waals surface area contributed by atoms with Crippen molar-refractivity contribution >= 4 is 39.6 Å². The van der Waals surface area contributed by atoms with Crippen LogP contribution in [0.2, 0.25) is 0 Å². The number of rotatable bonds is 9. The van der Waals surface area contributed by atoms with Crippen LogP contribution >= 0.6 is 28.0 Å². The van der Waals surface area contributed by atoms with Crippen molar-refractivity contribution in [1.82, 2.24) is 19.7 Å². The highest BCUT2D eigenvalue weighted by molar-refractivity contribution is 9.10. The van der Waals surface area contributed by atoms with Crippen molar-refractivity contribution < 1.29 is 14.5 Å². The Morgan fingerprint density at radius 2 is 2.15 bits per heavy atom. The molecular formula is C24H28BrN5O3S. The summed E-state index contributed by atoms with van der Waals surface area (Å²) in [5.41, 5.74) is 0.921. The Kier molecular flexibility index (Phi) is 7.71. The monoisotopic (exact) mass is 545 g/mol. The van der Waals surface area contributed by atoms with Crippen LogP contribution < -0.4 is 5.32 Å². The standard InChI is InChI=1S/C24H28BrN5O3S/c1-24(2,32)21-10-20(29-30(21)12-15-4-3-5-17(25)8-15)22(31)19-11-26-14-27-23(19)28-18-7-6-16(9-18)13-34-33/h3-5,8,10-11,14,16,18,32-33H,6-7,9,12-13H2,1-2H3,(H,26,27,28). The first-order valence-electron chi connectivity index (χ1n) is 11.2. The molecule has 1 fully saturated rings. The maximum atomic E-state index is 13.5. The van der Waals surface area contributed by atoms with Gasteiger partial charge in [-0.3, -0.25) is 9.48 Å². The molecule has 1 saturated carbocycles. The highest BCUT2D eigenvalue weighted by Crippen LogP contribution is 2.31. The Hall–Kier alpha value is -2.27. The molecule has 1 aliphatic carbocycles. The average molecular weight is 546 g/mol. The summed E-state index contributed by atoms with van der Waals surface area (Å²) >= 11 is 4.36. The number of hydrogen-bond acceptors (Lipinski definition) is 8. The second kappa shape index (κ2) is 10.6. The molecule has 0 amide bonds. The smallest absolute Gasteiger partial charge is 0.218 e. The van der Waals surface area contributed by atoms with Crippen molar-refractivity contribution in [2.24, 2.45) is 5.92 Å². The van der Waals surface area contributed by atoms with Crippen LogP contribution in [0, 0.1) is 5.92 Å². The van der Waals surface area contributed by atoms with Gasteiger partial charge in [0.1, 0.15) is 23.4 Å². The molecule has 3 N–H and O–H groups in total. The fraction of sp³-hybridized carbons (Fsp3) is 0.417. The van der Waals surface area contributed by atoms with E-state index in [1.54, 1.807) is 24.6 Å². The molecule has 2 aromatic heterocycles. The Balaban J connectivity index is 1.60. The Morgan fingerprint density at radius 1 is 1.32 bits per heavy atom. The van der Waals surface area contributed by atoms with Crippen molar-refractivity contribution in [2.75, 3.05) is 11.1 Å². The number of nitrogens with zero attached hydrogens (tertiary/aromatic N) is 4. The third-order valence-corrected chi connectivity index (χ3v) is 7.12. The zero-order valence-corrected chi connectivity index (χ0v) is 21.5. The minimum atomic E-state index is -1.19. The Labute approximate surface area is 211 Å². The summed E-state index contributed by atoms with van der Waals surface area (Å²) in [6, 6.07) is 9.65. The van der Waals surface area contributed by atoms with Crippen LogP contribution in [0.25, 0.3) is 0 Å². The number of aromatic nitrogens is 4. The summed E-state index contributed by atoms with van der Waals surface area (Å²) < 4.78 is 11.7. The third-order valence-electron chi connectivity index (χ3n) is 6.01. The number of carbonyl (C=O) groups is 1. The van der Waals surface area contributed by atoms with Crippen LogP contribution in [0.15, 0.2) is 47.3 Å². The topological polar surface area (TPSA) is 113 Å². The van der Waals surface area contributed by atoms with Crippen LogP contribution in [0.1, 0.15) is 60.4 Å². The lowest BCUT2D eigenvalue weighted by atomic mass is 10.0. The molecule has 0 saturated heterocycles. The van der Waals surface area contributed by atoms with Crippen molar-refractivity contribution in [3.63, 3.8) is 0 Å². The maximum absolute atomic E-state index is 13.5. The van der Waals surface area contributed by atoms with E-state index in [0.717, 1.165) is 41.3 Å². The molecule has 0 aliphatic heterocycles. The van der Waals surface area contributed by atoms with Gasteiger partial charge in [0.15, 0.2) is 0 Å². The molecule has 1 aliphatic rings. The summed E-state index contributed by atoms with van der Waals surface area (Å²) in [6.07, 6.45) is 5.81. The summed E-state index contributed by atoms with van der Waals surface area (Å²) in [5.74, 6) is 1.33. The first-order valence-corrected chi connectivity index (χ1v) is 12.9. The fourth-order valence-corrected chi connectivity index (χ4v) is 5.31. The van der Waals surface area contributed by atoms with Crippen molar-refractivity contribution in [3.05, 3.63) is 69.8 Å². The summed E-state index contributed by atoms with van der Waals surface area (Å²) in [7, 11) is 0. The number of carbonyl (C=O) groups excluding carboxylic acids is 1. The van der Waals surface area contributed by atoms with E-state index in [0.29, 0.717) is 35.3 Å². The molecule has 2 heterocycles.